The van der Waals surface area contributed by atoms with Crippen molar-refractivity contribution >= 4 is 0 Å². The van der Waals surface area contributed by atoms with Gasteiger partial charge in [-0.15, -0.1) is 10.2 Å². The zero-order valence-corrected chi connectivity index (χ0v) is 11.0. The van der Waals surface area contributed by atoms with Crippen LogP contribution in [0.3, 0.4) is 0 Å². The molecule has 5 nitrogen and oxygen atoms in total. The molecule has 1 aromatic heterocycles. The van der Waals surface area contributed by atoms with E-state index in [2.05, 4.69) is 10.2 Å². The fraction of sp³-hybridized carbons (Fsp3) is 0.286. The molecule has 3 rings (SSSR count). The van der Waals surface area contributed by atoms with Crippen LogP contribution in [0.1, 0.15) is 5.56 Å². The molecule has 104 valence electrons. The molecule has 1 atom stereocenters. The second-order valence-electron chi connectivity index (χ2n) is 4.58. The molecular formula is C14H14FN3O2. The third-order valence-corrected chi connectivity index (χ3v) is 3.25. The molecule has 0 radical (unpaired) electrons. The lowest BCUT2D eigenvalue weighted by Gasteiger charge is -2.10. The molecule has 6 heteroatoms. The summed E-state index contributed by atoms with van der Waals surface area (Å²) in [5, 5.41) is 7.93. The number of rotatable bonds is 3. The number of hydrogen-bond donors (Lipinski definition) is 1. The Labute approximate surface area is 115 Å². The largest absolute Gasteiger partial charge is 0.488 e. The van der Waals surface area contributed by atoms with Gasteiger partial charge in [0.25, 0.3) is 0 Å². The first kappa shape index (κ1) is 12.8. The van der Waals surface area contributed by atoms with Gasteiger partial charge in [0.05, 0.1) is 12.8 Å². The molecule has 0 aliphatic carbocycles. The minimum atomic E-state index is -0.322. The van der Waals surface area contributed by atoms with Gasteiger partial charge in [0.1, 0.15) is 17.7 Å². The van der Waals surface area contributed by atoms with Crippen LogP contribution in [0.4, 0.5) is 4.39 Å². The van der Waals surface area contributed by atoms with Gasteiger partial charge in [-0.05, 0) is 18.2 Å². The van der Waals surface area contributed by atoms with E-state index in [1.165, 1.54) is 19.2 Å². The van der Waals surface area contributed by atoms with Crippen LogP contribution in [0, 0.1) is 5.82 Å². The van der Waals surface area contributed by atoms with Crippen molar-refractivity contribution in [2.45, 2.75) is 12.5 Å². The second kappa shape index (κ2) is 5.05. The molecule has 2 heterocycles. The number of benzene rings is 1. The summed E-state index contributed by atoms with van der Waals surface area (Å²) in [4.78, 5) is 0. The maximum atomic E-state index is 13.7. The van der Waals surface area contributed by atoms with E-state index in [-0.39, 0.29) is 11.9 Å². The summed E-state index contributed by atoms with van der Waals surface area (Å²) in [5.74, 6) is 0.724. The lowest BCUT2D eigenvalue weighted by Crippen LogP contribution is -2.24. The van der Waals surface area contributed by atoms with Crippen molar-refractivity contribution in [1.29, 1.82) is 0 Å². The zero-order valence-electron chi connectivity index (χ0n) is 11.0. The van der Waals surface area contributed by atoms with Gasteiger partial charge < -0.3 is 15.2 Å². The van der Waals surface area contributed by atoms with Crippen LogP contribution in [0.5, 0.6) is 11.6 Å². The van der Waals surface area contributed by atoms with Crippen LogP contribution in [0.25, 0.3) is 11.3 Å². The van der Waals surface area contributed by atoms with E-state index < -0.39 is 0 Å². The van der Waals surface area contributed by atoms with Crippen LogP contribution >= 0.6 is 0 Å². The van der Waals surface area contributed by atoms with Crippen molar-refractivity contribution < 1.29 is 13.9 Å². The fourth-order valence-electron chi connectivity index (χ4n) is 2.29. The molecule has 2 N–H and O–H groups in total. The molecule has 20 heavy (non-hydrogen) atoms. The van der Waals surface area contributed by atoms with Gasteiger partial charge in [0.2, 0.25) is 5.88 Å². The summed E-state index contributed by atoms with van der Waals surface area (Å²) in [6.45, 7) is 0.393. The summed E-state index contributed by atoms with van der Waals surface area (Å²) < 4.78 is 24.4. The van der Waals surface area contributed by atoms with E-state index in [1.807, 2.05) is 0 Å². The first-order valence-corrected chi connectivity index (χ1v) is 6.28. The van der Waals surface area contributed by atoms with Crippen LogP contribution in [0.2, 0.25) is 0 Å². The Morgan fingerprint density at radius 1 is 1.40 bits per heavy atom. The van der Waals surface area contributed by atoms with Gasteiger partial charge in [-0.2, -0.15) is 0 Å². The molecule has 0 spiro atoms. The number of hydrogen-bond acceptors (Lipinski definition) is 5. The van der Waals surface area contributed by atoms with E-state index in [0.717, 1.165) is 5.56 Å². The molecule has 0 saturated heterocycles. The van der Waals surface area contributed by atoms with Crippen LogP contribution in [0.15, 0.2) is 24.3 Å². The Kier molecular flexibility index (Phi) is 3.23. The molecule has 1 aromatic carbocycles. The molecule has 0 fully saturated rings. The molecule has 2 aromatic rings. The zero-order chi connectivity index (χ0) is 14.1. The highest BCUT2D eigenvalue weighted by Gasteiger charge is 2.26. The third kappa shape index (κ3) is 2.18. The smallest absolute Gasteiger partial charge is 0.233 e. The van der Waals surface area contributed by atoms with E-state index in [9.17, 15) is 4.39 Å². The van der Waals surface area contributed by atoms with Gasteiger partial charge in [0.15, 0.2) is 0 Å². The average Bonchev–Trinajstić information content (AvgIpc) is 2.89. The van der Waals surface area contributed by atoms with Crippen LogP contribution < -0.4 is 15.2 Å². The van der Waals surface area contributed by atoms with Crippen molar-refractivity contribution in [3.05, 3.63) is 35.6 Å². The maximum absolute atomic E-state index is 13.7. The van der Waals surface area contributed by atoms with Gasteiger partial charge in [-0.25, -0.2) is 4.39 Å². The van der Waals surface area contributed by atoms with Gasteiger partial charge in [0, 0.05) is 30.2 Å². The van der Waals surface area contributed by atoms with Crippen LogP contribution in [-0.4, -0.2) is 30.0 Å². The van der Waals surface area contributed by atoms with Crippen molar-refractivity contribution in [2.24, 2.45) is 5.73 Å². The summed E-state index contributed by atoms with van der Waals surface area (Å²) >= 11 is 0. The highest BCUT2D eigenvalue weighted by Crippen LogP contribution is 2.38. The molecule has 0 amide bonds. The predicted octanol–water partition coefficient (Wildman–Crippen LogP) is 1.55. The Morgan fingerprint density at radius 3 is 2.90 bits per heavy atom. The molecule has 0 saturated carbocycles. The Hall–Kier alpha value is -2.21. The number of fused-ring (bicyclic) bond motifs is 1. The van der Waals surface area contributed by atoms with E-state index in [0.29, 0.717) is 35.9 Å². The molecule has 1 aliphatic rings. The Balaban J connectivity index is 2.05. The molecular weight excluding hydrogens is 261 g/mol. The SMILES string of the molecule is COc1ccc(-c2cc(F)cc3c2O[C@H](CN)C3)nn1. The van der Waals surface area contributed by atoms with Crippen molar-refractivity contribution in [3.8, 4) is 22.9 Å². The van der Waals surface area contributed by atoms with Gasteiger partial charge in [-0.1, -0.05) is 0 Å². The predicted molar refractivity (Wildman–Crippen MR) is 71.2 cm³/mol. The lowest BCUT2D eigenvalue weighted by molar-refractivity contribution is 0.242. The maximum Gasteiger partial charge on any atom is 0.233 e. The van der Waals surface area contributed by atoms with Crippen LogP contribution in [-0.2, 0) is 6.42 Å². The standard InChI is InChI=1S/C14H14FN3O2/c1-19-13-3-2-12(17-18-13)11-6-9(15)4-8-5-10(7-16)20-14(8)11/h2-4,6,10H,5,7,16H2,1H3/t10-/m0/s1. The number of ether oxygens (including phenoxy) is 2. The van der Waals surface area contributed by atoms with Crippen molar-refractivity contribution in [2.75, 3.05) is 13.7 Å². The average molecular weight is 275 g/mol. The van der Waals surface area contributed by atoms with E-state index in [4.69, 9.17) is 15.2 Å². The van der Waals surface area contributed by atoms with Gasteiger partial charge >= 0.3 is 0 Å². The first-order valence-electron chi connectivity index (χ1n) is 6.28. The fourth-order valence-corrected chi connectivity index (χ4v) is 2.29. The number of nitrogens with two attached hydrogens (primary N) is 1. The number of methoxy groups -OCH3 is 1. The summed E-state index contributed by atoms with van der Waals surface area (Å²) in [6.07, 6.45) is 0.497. The third-order valence-electron chi connectivity index (χ3n) is 3.25. The summed E-state index contributed by atoms with van der Waals surface area (Å²) in [7, 11) is 1.51. The van der Waals surface area contributed by atoms with Gasteiger partial charge in [-0.3, -0.25) is 0 Å². The number of aromatic nitrogens is 2. The van der Waals surface area contributed by atoms with E-state index in [1.54, 1.807) is 12.1 Å². The normalized spacial score (nSPS) is 16.6. The highest BCUT2D eigenvalue weighted by atomic mass is 19.1. The van der Waals surface area contributed by atoms with Crippen molar-refractivity contribution in [1.82, 2.24) is 10.2 Å². The minimum Gasteiger partial charge on any atom is -0.488 e. The number of nitrogens with zero attached hydrogens (tertiary/aromatic N) is 2. The highest BCUT2D eigenvalue weighted by molar-refractivity contribution is 5.70. The quantitative estimate of drug-likeness (QED) is 0.920. The first-order chi connectivity index (χ1) is 9.71. The molecule has 1 aliphatic heterocycles. The summed E-state index contributed by atoms with van der Waals surface area (Å²) in [5.41, 5.74) is 7.56. The topological polar surface area (TPSA) is 70.3 Å². The van der Waals surface area contributed by atoms with E-state index >= 15 is 0 Å². The second-order valence-corrected chi connectivity index (χ2v) is 4.58. The number of halogens is 1. The summed E-state index contributed by atoms with van der Waals surface area (Å²) in [6, 6.07) is 6.27. The Bertz CT molecular complexity index is 631. The van der Waals surface area contributed by atoms with Crippen molar-refractivity contribution in [3.63, 3.8) is 0 Å². The minimum absolute atomic E-state index is 0.114. The molecule has 0 bridgehead atoms. The Morgan fingerprint density at radius 2 is 2.25 bits per heavy atom. The lowest BCUT2D eigenvalue weighted by atomic mass is 10.0. The monoisotopic (exact) mass is 275 g/mol. The molecule has 0 unspecified atom stereocenters.